The van der Waals surface area contributed by atoms with Gasteiger partial charge in [0, 0.05) is 0 Å². The van der Waals surface area contributed by atoms with Crippen LogP contribution in [0, 0.1) is 0 Å². The molecule has 13 heavy (non-hydrogen) atoms. The van der Waals surface area contributed by atoms with E-state index in [-0.39, 0.29) is 0 Å². The molecule has 0 fully saturated rings. The predicted molar refractivity (Wildman–Crippen MR) is 44.6 cm³/mol. The molecular weight excluding hydrogens is 200 g/mol. The number of hydrogen-bond acceptors (Lipinski definition) is 5. The number of aliphatic hydroxyl groups excluding tert-OH is 3. The average Bonchev–Trinajstić information content (AvgIpc) is 1.98. The molecule has 0 aliphatic carbocycles. The second-order valence-corrected chi connectivity index (χ2v) is 4.03. The van der Waals surface area contributed by atoms with Crippen LogP contribution in [0.15, 0.2) is 12.7 Å². The molecule has 3 unspecified atom stereocenters. The summed E-state index contributed by atoms with van der Waals surface area (Å²) in [5, 5.41) is 26.8. The first-order valence-corrected chi connectivity index (χ1v) is 5.00. The molecule has 0 rings (SSSR count). The lowest BCUT2D eigenvalue weighted by Crippen LogP contribution is -2.40. The van der Waals surface area contributed by atoms with Crippen molar-refractivity contribution in [3.63, 3.8) is 0 Å². The molecule has 0 saturated carbocycles. The first kappa shape index (κ1) is 12.5. The highest BCUT2D eigenvalue weighted by Crippen LogP contribution is 2.03. The van der Waals surface area contributed by atoms with E-state index in [2.05, 4.69) is 6.58 Å². The van der Waals surface area contributed by atoms with Crippen LogP contribution in [-0.2, 0) is 10.1 Å². The van der Waals surface area contributed by atoms with E-state index in [1.807, 2.05) is 0 Å². The van der Waals surface area contributed by atoms with Crippen molar-refractivity contribution in [3.05, 3.63) is 12.7 Å². The SMILES string of the molecule is C=CC(O)C(O)C(O)CS(=O)(=O)O. The van der Waals surface area contributed by atoms with E-state index in [0.29, 0.717) is 0 Å². The van der Waals surface area contributed by atoms with Crippen molar-refractivity contribution in [2.75, 3.05) is 5.75 Å². The fourth-order valence-corrected chi connectivity index (χ4v) is 1.31. The summed E-state index contributed by atoms with van der Waals surface area (Å²) in [7, 11) is -4.37. The minimum absolute atomic E-state index is 0.942. The Hall–Kier alpha value is -0.470. The van der Waals surface area contributed by atoms with Gasteiger partial charge in [0.05, 0.1) is 6.10 Å². The van der Waals surface area contributed by atoms with Crippen LogP contribution in [0.1, 0.15) is 0 Å². The molecule has 0 aromatic rings. The molecule has 0 spiro atoms. The van der Waals surface area contributed by atoms with Gasteiger partial charge in [-0.05, 0) is 0 Å². The van der Waals surface area contributed by atoms with Gasteiger partial charge in [-0.2, -0.15) is 8.42 Å². The third-order valence-electron chi connectivity index (χ3n) is 1.37. The molecule has 0 saturated heterocycles. The summed E-state index contributed by atoms with van der Waals surface area (Å²) >= 11 is 0. The summed E-state index contributed by atoms with van der Waals surface area (Å²) in [4.78, 5) is 0. The minimum Gasteiger partial charge on any atom is -0.389 e. The second-order valence-electron chi connectivity index (χ2n) is 2.53. The summed E-state index contributed by atoms with van der Waals surface area (Å²) in [6, 6.07) is 0. The van der Waals surface area contributed by atoms with Crippen molar-refractivity contribution in [2.45, 2.75) is 18.3 Å². The smallest absolute Gasteiger partial charge is 0.267 e. The van der Waals surface area contributed by atoms with Gasteiger partial charge in [-0.3, -0.25) is 4.55 Å². The van der Waals surface area contributed by atoms with Gasteiger partial charge >= 0.3 is 0 Å². The van der Waals surface area contributed by atoms with Gasteiger partial charge in [0.25, 0.3) is 10.1 Å². The summed E-state index contributed by atoms with van der Waals surface area (Å²) in [6.45, 7) is 3.13. The van der Waals surface area contributed by atoms with Gasteiger partial charge < -0.3 is 15.3 Å². The third-order valence-corrected chi connectivity index (χ3v) is 2.13. The highest BCUT2D eigenvalue weighted by Gasteiger charge is 2.26. The van der Waals surface area contributed by atoms with Crippen LogP contribution >= 0.6 is 0 Å². The van der Waals surface area contributed by atoms with Gasteiger partial charge in [-0.25, -0.2) is 0 Å². The summed E-state index contributed by atoms with van der Waals surface area (Å²) in [5.41, 5.74) is 0. The van der Waals surface area contributed by atoms with E-state index in [1.165, 1.54) is 0 Å². The van der Waals surface area contributed by atoms with Crippen LogP contribution in [0.25, 0.3) is 0 Å². The quantitative estimate of drug-likeness (QED) is 0.314. The summed E-state index contributed by atoms with van der Waals surface area (Å²) in [6.07, 6.45) is -3.92. The van der Waals surface area contributed by atoms with E-state index in [4.69, 9.17) is 19.9 Å². The molecule has 7 heteroatoms. The van der Waals surface area contributed by atoms with Crippen LogP contribution in [0.5, 0.6) is 0 Å². The van der Waals surface area contributed by atoms with Gasteiger partial charge in [0.15, 0.2) is 0 Å². The number of rotatable bonds is 5. The highest BCUT2D eigenvalue weighted by atomic mass is 32.2. The zero-order chi connectivity index (χ0) is 10.6. The molecule has 78 valence electrons. The Morgan fingerprint density at radius 2 is 1.77 bits per heavy atom. The second kappa shape index (κ2) is 4.68. The van der Waals surface area contributed by atoms with E-state index in [0.717, 1.165) is 6.08 Å². The van der Waals surface area contributed by atoms with E-state index < -0.39 is 34.2 Å². The van der Waals surface area contributed by atoms with Gasteiger partial charge in [0.1, 0.15) is 18.0 Å². The molecular formula is C6H12O6S. The lowest BCUT2D eigenvalue weighted by molar-refractivity contribution is -0.0316. The largest absolute Gasteiger partial charge is 0.389 e. The standard InChI is InChI=1S/C6H12O6S/c1-2-4(7)6(9)5(8)3-13(10,11)12/h2,4-9H,1,3H2,(H,10,11,12). The molecule has 0 bridgehead atoms. The Kier molecular flexibility index (Phi) is 4.51. The Labute approximate surface area is 75.9 Å². The molecule has 0 aliphatic rings. The van der Waals surface area contributed by atoms with Crippen molar-refractivity contribution >= 4 is 10.1 Å². The highest BCUT2D eigenvalue weighted by molar-refractivity contribution is 7.85. The van der Waals surface area contributed by atoms with Crippen LogP contribution in [0.4, 0.5) is 0 Å². The van der Waals surface area contributed by atoms with Gasteiger partial charge in [-0.1, -0.05) is 6.08 Å². The van der Waals surface area contributed by atoms with E-state index in [1.54, 1.807) is 0 Å². The lowest BCUT2D eigenvalue weighted by Gasteiger charge is -2.19. The predicted octanol–water partition coefficient (Wildman–Crippen LogP) is -1.86. The van der Waals surface area contributed by atoms with Crippen molar-refractivity contribution in [2.24, 2.45) is 0 Å². The topological polar surface area (TPSA) is 115 Å². The van der Waals surface area contributed by atoms with Gasteiger partial charge in [-0.15, -0.1) is 6.58 Å². The Morgan fingerprint density at radius 1 is 1.31 bits per heavy atom. The fraction of sp³-hybridized carbons (Fsp3) is 0.667. The van der Waals surface area contributed by atoms with Crippen molar-refractivity contribution < 1.29 is 28.3 Å². The minimum atomic E-state index is -4.37. The van der Waals surface area contributed by atoms with Crippen LogP contribution in [0.3, 0.4) is 0 Å². The maximum Gasteiger partial charge on any atom is 0.267 e. The molecule has 0 heterocycles. The van der Waals surface area contributed by atoms with Crippen molar-refractivity contribution in [3.8, 4) is 0 Å². The average molecular weight is 212 g/mol. The molecule has 4 N–H and O–H groups in total. The molecule has 3 atom stereocenters. The monoisotopic (exact) mass is 212 g/mol. The van der Waals surface area contributed by atoms with E-state index >= 15 is 0 Å². The van der Waals surface area contributed by atoms with Crippen LogP contribution in [0.2, 0.25) is 0 Å². The van der Waals surface area contributed by atoms with E-state index in [9.17, 15) is 8.42 Å². The number of aliphatic hydroxyl groups is 3. The zero-order valence-electron chi connectivity index (χ0n) is 6.74. The maximum atomic E-state index is 10.2. The Balaban J connectivity index is 4.27. The Bertz CT molecular complexity index is 258. The molecule has 0 aromatic heterocycles. The molecule has 0 aliphatic heterocycles. The maximum absolute atomic E-state index is 10.2. The lowest BCUT2D eigenvalue weighted by atomic mass is 10.1. The molecule has 0 radical (unpaired) electrons. The normalized spacial score (nSPS) is 19.1. The van der Waals surface area contributed by atoms with Gasteiger partial charge in [0.2, 0.25) is 0 Å². The zero-order valence-corrected chi connectivity index (χ0v) is 7.55. The first-order valence-electron chi connectivity index (χ1n) is 3.40. The number of hydrogen-bond donors (Lipinski definition) is 4. The molecule has 0 aromatic carbocycles. The Morgan fingerprint density at radius 3 is 2.08 bits per heavy atom. The van der Waals surface area contributed by atoms with Crippen molar-refractivity contribution in [1.82, 2.24) is 0 Å². The first-order chi connectivity index (χ1) is 5.78. The summed E-state index contributed by atoms with van der Waals surface area (Å²) < 4.78 is 28.8. The third kappa shape index (κ3) is 4.96. The molecule has 0 amide bonds. The summed E-state index contributed by atoms with van der Waals surface area (Å²) in [5.74, 6) is -1.03. The van der Waals surface area contributed by atoms with Crippen LogP contribution in [-0.4, -0.2) is 52.4 Å². The van der Waals surface area contributed by atoms with Crippen LogP contribution < -0.4 is 0 Å². The fourth-order valence-electron chi connectivity index (χ4n) is 0.681. The van der Waals surface area contributed by atoms with Crippen molar-refractivity contribution in [1.29, 1.82) is 0 Å². The molecule has 6 nitrogen and oxygen atoms in total.